The molecule has 5 nitrogen and oxygen atoms in total. The Bertz CT molecular complexity index is 269. The molecule has 20 heavy (non-hydrogen) atoms. The maximum Gasteiger partial charge on any atom is 0.394 e. The molecule has 0 spiro atoms. The maximum absolute atomic E-state index is 8.76. The van der Waals surface area contributed by atoms with Crippen molar-refractivity contribution in [1.29, 1.82) is 0 Å². The molecule has 0 aromatic carbocycles. The van der Waals surface area contributed by atoms with Gasteiger partial charge in [0.25, 0.3) is 0 Å². The SMILES string of the molecule is CCCCCCCCCCC(C)CCO.O=S(=O)(O)O. The van der Waals surface area contributed by atoms with Crippen LogP contribution in [0, 0.1) is 5.92 Å². The van der Waals surface area contributed by atoms with Crippen molar-refractivity contribution in [1.82, 2.24) is 0 Å². The second kappa shape index (κ2) is 15.2. The molecule has 0 bridgehead atoms. The van der Waals surface area contributed by atoms with E-state index in [0.29, 0.717) is 6.61 Å². The molecule has 0 saturated carbocycles. The van der Waals surface area contributed by atoms with Crippen LogP contribution in [0.5, 0.6) is 0 Å². The van der Waals surface area contributed by atoms with Gasteiger partial charge in [0.05, 0.1) is 0 Å². The smallest absolute Gasteiger partial charge is 0.394 e. The van der Waals surface area contributed by atoms with Gasteiger partial charge in [-0.05, 0) is 12.3 Å². The lowest BCUT2D eigenvalue weighted by Gasteiger charge is -2.08. The van der Waals surface area contributed by atoms with Gasteiger partial charge in [-0.3, -0.25) is 9.11 Å². The van der Waals surface area contributed by atoms with Gasteiger partial charge >= 0.3 is 10.4 Å². The standard InChI is InChI=1S/C14H30O.H2O4S/c1-3-4-5-6-7-8-9-10-11-14(2)12-13-15;1-5(2,3)4/h14-15H,3-13H2,1-2H3;(H2,1,2,3,4). The van der Waals surface area contributed by atoms with Crippen LogP contribution in [0.4, 0.5) is 0 Å². The van der Waals surface area contributed by atoms with Gasteiger partial charge in [0, 0.05) is 6.61 Å². The van der Waals surface area contributed by atoms with Crippen LogP contribution in [0.25, 0.3) is 0 Å². The molecule has 0 saturated heterocycles. The Labute approximate surface area is 124 Å². The van der Waals surface area contributed by atoms with Crippen molar-refractivity contribution in [2.45, 2.75) is 78.1 Å². The molecule has 0 aromatic heterocycles. The molecule has 0 aromatic rings. The molecule has 124 valence electrons. The van der Waals surface area contributed by atoms with Crippen LogP contribution in [-0.2, 0) is 10.4 Å². The number of hydrogen-bond acceptors (Lipinski definition) is 3. The Morgan fingerprint density at radius 2 is 1.25 bits per heavy atom. The lowest BCUT2D eigenvalue weighted by Crippen LogP contribution is -1.97. The molecule has 0 heterocycles. The Morgan fingerprint density at radius 3 is 1.65 bits per heavy atom. The summed E-state index contributed by atoms with van der Waals surface area (Å²) < 4.78 is 31.6. The largest absolute Gasteiger partial charge is 0.396 e. The number of rotatable bonds is 11. The third-order valence-electron chi connectivity index (χ3n) is 3.17. The van der Waals surface area contributed by atoms with Gasteiger partial charge in [0.1, 0.15) is 0 Å². The first-order valence-electron chi connectivity index (χ1n) is 7.62. The van der Waals surface area contributed by atoms with Gasteiger partial charge in [-0.1, -0.05) is 71.6 Å². The summed E-state index contributed by atoms with van der Waals surface area (Å²) in [5, 5.41) is 8.76. The van der Waals surface area contributed by atoms with E-state index in [1.807, 2.05) is 0 Å². The van der Waals surface area contributed by atoms with Gasteiger partial charge in [-0.2, -0.15) is 8.42 Å². The summed E-state index contributed by atoms with van der Waals surface area (Å²) in [7, 11) is -4.67. The highest BCUT2D eigenvalue weighted by molar-refractivity contribution is 7.79. The first-order chi connectivity index (χ1) is 9.31. The van der Waals surface area contributed by atoms with Crippen molar-refractivity contribution in [2.24, 2.45) is 5.92 Å². The summed E-state index contributed by atoms with van der Waals surface area (Å²) in [6.07, 6.45) is 13.5. The Hall–Kier alpha value is -0.170. The summed E-state index contributed by atoms with van der Waals surface area (Å²) in [4.78, 5) is 0. The molecule has 0 aliphatic heterocycles. The van der Waals surface area contributed by atoms with E-state index in [2.05, 4.69) is 13.8 Å². The average Bonchev–Trinajstić information content (AvgIpc) is 2.31. The summed E-state index contributed by atoms with van der Waals surface area (Å²) in [5.41, 5.74) is 0. The Kier molecular flexibility index (Phi) is 16.8. The van der Waals surface area contributed by atoms with Crippen LogP contribution in [0.2, 0.25) is 0 Å². The van der Waals surface area contributed by atoms with E-state index in [1.54, 1.807) is 0 Å². The van der Waals surface area contributed by atoms with Crippen LogP contribution in [-0.4, -0.2) is 29.2 Å². The average molecular weight is 312 g/mol. The fraction of sp³-hybridized carbons (Fsp3) is 1.00. The third kappa shape index (κ3) is 30.7. The van der Waals surface area contributed by atoms with Gasteiger partial charge in [0.15, 0.2) is 0 Å². The monoisotopic (exact) mass is 312 g/mol. The van der Waals surface area contributed by atoms with Gasteiger partial charge < -0.3 is 5.11 Å². The van der Waals surface area contributed by atoms with Crippen LogP contribution in [0.15, 0.2) is 0 Å². The van der Waals surface area contributed by atoms with Crippen molar-refractivity contribution in [3.8, 4) is 0 Å². The summed E-state index contributed by atoms with van der Waals surface area (Å²) in [6, 6.07) is 0. The lowest BCUT2D eigenvalue weighted by molar-refractivity contribution is 0.256. The normalized spacial score (nSPS) is 12.7. The van der Waals surface area contributed by atoms with Gasteiger partial charge in [-0.25, -0.2) is 0 Å². The quantitative estimate of drug-likeness (QED) is 0.397. The minimum Gasteiger partial charge on any atom is -0.396 e. The molecular weight excluding hydrogens is 280 g/mol. The fourth-order valence-electron chi connectivity index (χ4n) is 1.99. The molecule has 0 rings (SSSR count). The molecule has 1 atom stereocenters. The van der Waals surface area contributed by atoms with E-state index < -0.39 is 10.4 Å². The zero-order valence-corrected chi connectivity index (χ0v) is 13.7. The van der Waals surface area contributed by atoms with Gasteiger partial charge in [-0.15, -0.1) is 0 Å². The first-order valence-corrected chi connectivity index (χ1v) is 9.01. The number of aliphatic hydroxyl groups is 1. The first kappa shape index (κ1) is 22.1. The van der Waals surface area contributed by atoms with Crippen molar-refractivity contribution in [3.63, 3.8) is 0 Å². The highest BCUT2D eigenvalue weighted by Crippen LogP contribution is 2.14. The summed E-state index contributed by atoms with van der Waals surface area (Å²) in [5.74, 6) is 0.718. The third-order valence-corrected chi connectivity index (χ3v) is 3.17. The molecule has 0 aliphatic carbocycles. The Balaban J connectivity index is 0. The molecule has 0 fully saturated rings. The van der Waals surface area contributed by atoms with Crippen molar-refractivity contribution in [3.05, 3.63) is 0 Å². The molecule has 0 radical (unpaired) electrons. The van der Waals surface area contributed by atoms with E-state index >= 15 is 0 Å². The van der Waals surface area contributed by atoms with Crippen LogP contribution in [0.1, 0.15) is 78.1 Å². The number of aliphatic hydroxyl groups excluding tert-OH is 1. The van der Waals surface area contributed by atoms with Crippen molar-refractivity contribution >= 4 is 10.4 Å². The Morgan fingerprint density at radius 1 is 0.850 bits per heavy atom. The number of unbranched alkanes of at least 4 members (excludes halogenated alkanes) is 7. The summed E-state index contributed by atoms with van der Waals surface area (Å²) >= 11 is 0. The van der Waals surface area contributed by atoms with Crippen LogP contribution >= 0.6 is 0 Å². The van der Waals surface area contributed by atoms with E-state index in [1.165, 1.54) is 57.8 Å². The van der Waals surface area contributed by atoms with E-state index in [9.17, 15) is 0 Å². The van der Waals surface area contributed by atoms with E-state index in [0.717, 1.165) is 12.3 Å². The van der Waals surface area contributed by atoms with Crippen LogP contribution in [0.3, 0.4) is 0 Å². The van der Waals surface area contributed by atoms with E-state index in [-0.39, 0.29) is 0 Å². The molecule has 0 aliphatic rings. The summed E-state index contributed by atoms with van der Waals surface area (Å²) in [6.45, 7) is 4.87. The second-order valence-electron chi connectivity index (χ2n) is 5.33. The highest BCUT2D eigenvalue weighted by atomic mass is 32.3. The second-order valence-corrected chi connectivity index (χ2v) is 6.22. The number of hydrogen-bond donors (Lipinski definition) is 3. The fourth-order valence-corrected chi connectivity index (χ4v) is 1.99. The van der Waals surface area contributed by atoms with E-state index in [4.69, 9.17) is 22.6 Å². The molecular formula is C14H32O5S. The van der Waals surface area contributed by atoms with Crippen LogP contribution < -0.4 is 0 Å². The highest BCUT2D eigenvalue weighted by Gasteiger charge is 2.00. The zero-order valence-electron chi connectivity index (χ0n) is 12.9. The van der Waals surface area contributed by atoms with Crippen molar-refractivity contribution in [2.75, 3.05) is 6.61 Å². The topological polar surface area (TPSA) is 94.8 Å². The molecule has 1 unspecified atom stereocenters. The molecule has 3 N–H and O–H groups in total. The maximum atomic E-state index is 8.76. The van der Waals surface area contributed by atoms with Gasteiger partial charge in [0.2, 0.25) is 0 Å². The molecule has 0 amide bonds. The minimum atomic E-state index is -4.67. The zero-order chi connectivity index (χ0) is 15.9. The lowest BCUT2D eigenvalue weighted by atomic mass is 9.99. The van der Waals surface area contributed by atoms with Crippen molar-refractivity contribution < 1.29 is 22.6 Å². The predicted octanol–water partition coefficient (Wildman–Crippen LogP) is 3.88. The predicted molar refractivity (Wildman–Crippen MR) is 82.3 cm³/mol. The molecule has 6 heteroatoms. The minimum absolute atomic E-state index is 0.359.